The third kappa shape index (κ3) is 8.73. The summed E-state index contributed by atoms with van der Waals surface area (Å²) in [5.41, 5.74) is 3.84. The maximum atomic E-state index is 12.9. The van der Waals surface area contributed by atoms with E-state index >= 15 is 0 Å². The van der Waals surface area contributed by atoms with Gasteiger partial charge in [0.05, 0.1) is 11.4 Å². The number of hydrogen-bond acceptors (Lipinski definition) is 8. The van der Waals surface area contributed by atoms with Crippen molar-refractivity contribution in [3.05, 3.63) is 71.3 Å². The minimum Gasteiger partial charge on any atom is -0.507 e. The highest BCUT2D eigenvalue weighted by molar-refractivity contribution is 7.99. The molecule has 242 valence electrons. The van der Waals surface area contributed by atoms with Crippen molar-refractivity contribution in [1.29, 1.82) is 0 Å². The average molecular weight is 635 g/mol. The maximum absolute atomic E-state index is 12.9. The van der Waals surface area contributed by atoms with E-state index in [0.29, 0.717) is 23.6 Å². The first-order valence-corrected chi connectivity index (χ1v) is 15.9. The molecule has 0 saturated carbocycles. The van der Waals surface area contributed by atoms with Crippen molar-refractivity contribution in [3.63, 3.8) is 0 Å². The van der Waals surface area contributed by atoms with Gasteiger partial charge in [-0.15, -0.1) is 0 Å². The smallest absolute Gasteiger partial charge is 0.338 e. The minimum atomic E-state index is -0.914. The zero-order chi connectivity index (χ0) is 33.3. The van der Waals surface area contributed by atoms with E-state index in [1.807, 2.05) is 49.3 Å². The summed E-state index contributed by atoms with van der Waals surface area (Å²) < 4.78 is 16.6. The van der Waals surface area contributed by atoms with Crippen LogP contribution in [-0.2, 0) is 36.3 Å². The summed E-state index contributed by atoms with van der Waals surface area (Å²) in [6, 6.07) is 17.3. The average Bonchev–Trinajstić information content (AvgIpc) is 3.18. The SMILES string of the molecule is CN(C)c1cc(Sc2cc(C(C)(C)C)c(O)c(C(C)(C)C)c2)ccc1NC(=O)COc1ccc(CC2OC(C)(C)OC2=O)cc1. The van der Waals surface area contributed by atoms with Crippen molar-refractivity contribution in [2.24, 2.45) is 0 Å². The molecule has 0 spiro atoms. The second-order valence-electron chi connectivity index (χ2n) is 14.2. The van der Waals surface area contributed by atoms with Gasteiger partial charge in [0.1, 0.15) is 11.5 Å². The number of phenols is 1. The van der Waals surface area contributed by atoms with Crippen molar-refractivity contribution in [2.45, 2.75) is 94.3 Å². The Kier molecular flexibility index (Phi) is 9.85. The molecule has 3 aromatic carbocycles. The molecule has 0 bridgehead atoms. The van der Waals surface area contributed by atoms with E-state index < -0.39 is 11.9 Å². The highest BCUT2D eigenvalue weighted by atomic mass is 32.2. The Morgan fingerprint density at radius 3 is 2.07 bits per heavy atom. The molecule has 1 amide bonds. The molecule has 1 unspecified atom stereocenters. The topological polar surface area (TPSA) is 97.3 Å². The number of hydrogen-bond donors (Lipinski definition) is 2. The van der Waals surface area contributed by atoms with E-state index in [-0.39, 0.29) is 29.3 Å². The monoisotopic (exact) mass is 634 g/mol. The molecule has 4 rings (SSSR count). The lowest BCUT2D eigenvalue weighted by molar-refractivity contribution is -0.160. The van der Waals surface area contributed by atoms with E-state index in [2.05, 4.69) is 59.0 Å². The summed E-state index contributed by atoms with van der Waals surface area (Å²) in [6.07, 6.45) is -0.247. The van der Waals surface area contributed by atoms with Crippen LogP contribution in [0.5, 0.6) is 11.5 Å². The van der Waals surface area contributed by atoms with Gasteiger partial charge in [0.2, 0.25) is 5.79 Å². The Bertz CT molecular complexity index is 1520. The molecule has 1 aliphatic heterocycles. The summed E-state index contributed by atoms with van der Waals surface area (Å²) >= 11 is 1.63. The molecule has 9 heteroatoms. The van der Waals surface area contributed by atoms with Crippen LogP contribution in [0.4, 0.5) is 11.4 Å². The third-order valence-electron chi connectivity index (χ3n) is 7.41. The number of rotatable bonds is 9. The lowest BCUT2D eigenvalue weighted by atomic mass is 9.79. The number of carbonyl (C=O) groups is 2. The summed E-state index contributed by atoms with van der Waals surface area (Å²) in [6.45, 7) is 15.9. The number of nitrogens with zero attached hydrogens (tertiary/aromatic N) is 1. The van der Waals surface area contributed by atoms with Crippen molar-refractivity contribution >= 4 is 35.0 Å². The number of esters is 1. The largest absolute Gasteiger partial charge is 0.507 e. The molecule has 1 heterocycles. The molecule has 8 nitrogen and oxygen atoms in total. The van der Waals surface area contributed by atoms with E-state index in [1.54, 1.807) is 37.7 Å². The Labute approximate surface area is 271 Å². The van der Waals surface area contributed by atoms with E-state index in [0.717, 1.165) is 32.2 Å². The molecule has 45 heavy (non-hydrogen) atoms. The summed E-state index contributed by atoms with van der Waals surface area (Å²) in [5.74, 6) is -0.663. The Morgan fingerprint density at radius 1 is 0.956 bits per heavy atom. The van der Waals surface area contributed by atoms with Crippen molar-refractivity contribution in [1.82, 2.24) is 0 Å². The van der Waals surface area contributed by atoms with Crippen molar-refractivity contribution in [3.8, 4) is 11.5 Å². The fourth-order valence-electron chi connectivity index (χ4n) is 5.12. The number of aromatic hydroxyl groups is 1. The molecule has 0 aromatic heterocycles. The van der Waals surface area contributed by atoms with Crippen LogP contribution in [0.3, 0.4) is 0 Å². The van der Waals surface area contributed by atoms with Gasteiger partial charge in [-0.2, -0.15) is 0 Å². The van der Waals surface area contributed by atoms with E-state index in [9.17, 15) is 14.7 Å². The molecule has 1 fully saturated rings. The van der Waals surface area contributed by atoms with Gasteiger partial charge in [0, 0.05) is 55.3 Å². The first-order chi connectivity index (χ1) is 20.8. The van der Waals surface area contributed by atoms with Gasteiger partial charge < -0.3 is 29.5 Å². The lowest BCUT2D eigenvalue weighted by Crippen LogP contribution is -2.22. The minimum absolute atomic E-state index is 0.159. The van der Waals surface area contributed by atoms with Crippen LogP contribution in [0.2, 0.25) is 0 Å². The van der Waals surface area contributed by atoms with Gasteiger partial charge in [-0.25, -0.2) is 4.79 Å². The number of anilines is 2. The van der Waals surface area contributed by atoms with Gasteiger partial charge in [-0.05, 0) is 58.9 Å². The molecule has 3 aromatic rings. The zero-order valence-electron chi connectivity index (χ0n) is 28.0. The van der Waals surface area contributed by atoms with E-state index in [1.165, 1.54) is 0 Å². The van der Waals surface area contributed by atoms with Crippen LogP contribution in [0.25, 0.3) is 0 Å². The van der Waals surface area contributed by atoms with Crippen molar-refractivity contribution < 1.29 is 28.9 Å². The van der Waals surface area contributed by atoms with E-state index in [4.69, 9.17) is 14.2 Å². The first-order valence-electron chi connectivity index (χ1n) is 15.1. The maximum Gasteiger partial charge on any atom is 0.338 e. The quantitative estimate of drug-likeness (QED) is 0.235. The Morgan fingerprint density at radius 2 is 1.56 bits per heavy atom. The zero-order valence-corrected chi connectivity index (χ0v) is 28.8. The summed E-state index contributed by atoms with van der Waals surface area (Å²) in [5, 5.41) is 14.1. The predicted octanol–water partition coefficient (Wildman–Crippen LogP) is 7.44. The normalized spacial score (nSPS) is 16.3. The second-order valence-corrected chi connectivity index (χ2v) is 15.3. The van der Waals surface area contributed by atoms with Crippen LogP contribution in [0.15, 0.2) is 64.4 Å². The number of cyclic esters (lactones) is 1. The number of amides is 1. The van der Waals surface area contributed by atoms with Crippen LogP contribution < -0.4 is 15.0 Å². The van der Waals surface area contributed by atoms with Gasteiger partial charge in [0.15, 0.2) is 12.7 Å². The van der Waals surface area contributed by atoms with Gasteiger partial charge in [0.25, 0.3) is 5.91 Å². The van der Waals surface area contributed by atoms with Crippen LogP contribution in [0, 0.1) is 0 Å². The number of benzene rings is 3. The van der Waals surface area contributed by atoms with Gasteiger partial charge in [-0.3, -0.25) is 4.79 Å². The van der Waals surface area contributed by atoms with Crippen LogP contribution in [0.1, 0.15) is 72.1 Å². The molecule has 0 aliphatic carbocycles. The predicted molar refractivity (Wildman–Crippen MR) is 180 cm³/mol. The molecule has 2 N–H and O–H groups in total. The van der Waals surface area contributed by atoms with Crippen LogP contribution >= 0.6 is 11.8 Å². The standard InChI is InChI=1S/C36H46N2O6S/c1-34(2,3)26-18-25(19-27(32(26)40)35(4,5)6)45-24-15-16-28(29(20-24)38(9)10)37-31(39)21-42-23-13-11-22(12-14-23)17-30-33(41)44-36(7,8)43-30/h11-16,18-20,30,40H,17,21H2,1-10H3,(H,37,39). The van der Waals surface area contributed by atoms with Gasteiger partial charge in [-0.1, -0.05) is 65.4 Å². The molecule has 1 aliphatic rings. The summed E-state index contributed by atoms with van der Waals surface area (Å²) in [7, 11) is 3.87. The number of carbonyl (C=O) groups excluding carboxylic acids is 2. The molecule has 1 saturated heterocycles. The molecule has 0 radical (unpaired) electrons. The van der Waals surface area contributed by atoms with Crippen LogP contribution in [-0.4, -0.2) is 49.6 Å². The Hall–Kier alpha value is -3.69. The fourth-order valence-corrected chi connectivity index (χ4v) is 6.05. The Balaban J connectivity index is 1.42. The number of nitrogens with one attached hydrogen (secondary N) is 1. The summed E-state index contributed by atoms with van der Waals surface area (Å²) in [4.78, 5) is 28.9. The highest BCUT2D eigenvalue weighted by Gasteiger charge is 2.40. The third-order valence-corrected chi connectivity index (χ3v) is 8.37. The fraction of sp³-hybridized carbons (Fsp3) is 0.444. The first kappa shape index (κ1) is 34.2. The lowest BCUT2D eigenvalue weighted by Gasteiger charge is -2.28. The van der Waals surface area contributed by atoms with Gasteiger partial charge >= 0.3 is 5.97 Å². The number of ether oxygens (including phenoxy) is 3. The molecular formula is C36H46N2O6S. The molecular weight excluding hydrogens is 588 g/mol. The second kappa shape index (κ2) is 13.0. The van der Waals surface area contributed by atoms with Crippen molar-refractivity contribution in [2.75, 3.05) is 30.9 Å². The number of phenolic OH excluding ortho intramolecular Hbond substituents is 1. The molecule has 1 atom stereocenters. The highest BCUT2D eigenvalue weighted by Crippen LogP contribution is 2.44.